The van der Waals surface area contributed by atoms with Crippen LogP contribution in [0.4, 0.5) is 0 Å². The van der Waals surface area contributed by atoms with Crippen molar-refractivity contribution in [2.75, 3.05) is 7.05 Å². The van der Waals surface area contributed by atoms with Gasteiger partial charge in [-0.25, -0.2) is 0 Å². The average Bonchev–Trinajstić information content (AvgIpc) is 2.61. The fourth-order valence-corrected chi connectivity index (χ4v) is 3.09. The number of carbonyl (C=O) groups is 1. The molecule has 1 aliphatic heterocycles. The van der Waals surface area contributed by atoms with Crippen molar-refractivity contribution in [1.29, 1.82) is 0 Å². The molecule has 3 nitrogen and oxygen atoms in total. The van der Waals surface area contributed by atoms with Crippen molar-refractivity contribution in [3.8, 4) is 5.75 Å². The highest BCUT2D eigenvalue weighted by Crippen LogP contribution is 2.31. The van der Waals surface area contributed by atoms with Crippen molar-refractivity contribution in [3.63, 3.8) is 0 Å². The Bertz CT molecular complexity index is 653. The van der Waals surface area contributed by atoms with Crippen LogP contribution in [0.25, 0.3) is 6.08 Å². The SMILES string of the molecule is CC(=C/c1cc(Cl)ccc1O)/C=C1\SC(=S)N(C)C1=O. The molecule has 1 aromatic rings. The molecule has 1 aliphatic rings. The van der Waals surface area contributed by atoms with Gasteiger partial charge in [0.25, 0.3) is 5.91 Å². The van der Waals surface area contributed by atoms with E-state index in [0.29, 0.717) is 19.8 Å². The number of allylic oxidation sites excluding steroid dienone is 2. The van der Waals surface area contributed by atoms with Gasteiger partial charge in [0, 0.05) is 17.6 Å². The molecule has 0 aromatic heterocycles. The average molecular weight is 326 g/mol. The zero-order valence-corrected chi connectivity index (χ0v) is 13.3. The second kappa shape index (κ2) is 5.99. The number of aromatic hydroxyl groups is 1. The summed E-state index contributed by atoms with van der Waals surface area (Å²) in [5, 5.41) is 10.3. The summed E-state index contributed by atoms with van der Waals surface area (Å²) in [6, 6.07) is 4.82. The summed E-state index contributed by atoms with van der Waals surface area (Å²) in [6.45, 7) is 1.85. The zero-order valence-electron chi connectivity index (χ0n) is 10.9. The molecule has 0 bridgehead atoms. The molecule has 1 heterocycles. The lowest BCUT2D eigenvalue weighted by molar-refractivity contribution is -0.121. The maximum absolute atomic E-state index is 11.9. The number of rotatable bonds is 2. The molecule has 0 atom stereocenters. The number of amides is 1. The standard InChI is InChI=1S/C14H12ClNO2S2/c1-8(5-9-7-10(15)3-4-11(9)17)6-12-13(18)16(2)14(19)20-12/h3-7,17H,1-2H3/b8-5-,12-6-. The summed E-state index contributed by atoms with van der Waals surface area (Å²) in [7, 11) is 1.65. The second-order valence-electron chi connectivity index (χ2n) is 4.33. The minimum absolute atomic E-state index is 0.108. The number of thiocarbonyl (C=S) groups is 1. The number of halogens is 1. The molecular weight excluding hydrogens is 314 g/mol. The first-order valence-corrected chi connectivity index (χ1v) is 7.37. The Morgan fingerprint density at radius 2 is 2.20 bits per heavy atom. The van der Waals surface area contributed by atoms with E-state index in [0.717, 1.165) is 5.57 Å². The van der Waals surface area contributed by atoms with Gasteiger partial charge in [0.15, 0.2) is 0 Å². The van der Waals surface area contributed by atoms with Crippen LogP contribution in [0, 0.1) is 0 Å². The van der Waals surface area contributed by atoms with Crippen LogP contribution in [0.15, 0.2) is 34.8 Å². The van der Waals surface area contributed by atoms with E-state index in [1.807, 2.05) is 6.92 Å². The number of hydrogen-bond donors (Lipinski definition) is 1. The maximum Gasteiger partial charge on any atom is 0.265 e. The van der Waals surface area contributed by atoms with Gasteiger partial charge in [-0.2, -0.15) is 0 Å². The first kappa shape index (κ1) is 15.1. The fourth-order valence-electron chi connectivity index (χ4n) is 1.68. The molecule has 0 saturated carbocycles. The van der Waals surface area contributed by atoms with Gasteiger partial charge >= 0.3 is 0 Å². The molecule has 1 fully saturated rings. The van der Waals surface area contributed by atoms with Crippen LogP contribution in [0.1, 0.15) is 12.5 Å². The largest absolute Gasteiger partial charge is 0.507 e. The van der Waals surface area contributed by atoms with Crippen molar-refractivity contribution in [3.05, 3.63) is 45.3 Å². The van der Waals surface area contributed by atoms with Crippen molar-refractivity contribution in [2.45, 2.75) is 6.92 Å². The molecule has 20 heavy (non-hydrogen) atoms. The van der Waals surface area contributed by atoms with E-state index in [1.165, 1.54) is 22.7 Å². The van der Waals surface area contributed by atoms with Crippen LogP contribution < -0.4 is 0 Å². The van der Waals surface area contributed by atoms with Gasteiger partial charge in [-0.05, 0) is 42.8 Å². The molecule has 1 saturated heterocycles. The number of nitrogens with zero attached hydrogens (tertiary/aromatic N) is 1. The van der Waals surface area contributed by atoms with Crippen LogP contribution >= 0.6 is 35.6 Å². The molecule has 0 radical (unpaired) electrons. The molecule has 2 rings (SSSR count). The Kier molecular flexibility index (Phi) is 4.52. The number of likely N-dealkylation sites (N-methyl/N-ethyl adjacent to an activating group) is 1. The summed E-state index contributed by atoms with van der Waals surface area (Å²) in [6.07, 6.45) is 3.52. The van der Waals surface area contributed by atoms with Gasteiger partial charge < -0.3 is 5.11 Å². The highest BCUT2D eigenvalue weighted by molar-refractivity contribution is 8.26. The monoisotopic (exact) mass is 325 g/mol. The van der Waals surface area contributed by atoms with E-state index in [2.05, 4.69) is 0 Å². The number of benzene rings is 1. The topological polar surface area (TPSA) is 40.5 Å². The highest BCUT2D eigenvalue weighted by Gasteiger charge is 2.28. The fraction of sp³-hybridized carbons (Fsp3) is 0.143. The third-order valence-corrected chi connectivity index (χ3v) is 4.44. The minimum atomic E-state index is -0.108. The van der Waals surface area contributed by atoms with E-state index in [-0.39, 0.29) is 11.7 Å². The molecule has 1 N–H and O–H groups in total. The Morgan fingerprint density at radius 1 is 1.50 bits per heavy atom. The molecule has 104 valence electrons. The van der Waals surface area contributed by atoms with Crippen LogP contribution in [-0.4, -0.2) is 27.3 Å². The lowest BCUT2D eigenvalue weighted by Gasteiger charge is -2.03. The van der Waals surface area contributed by atoms with Crippen LogP contribution in [0.3, 0.4) is 0 Å². The molecule has 1 aromatic carbocycles. The van der Waals surface area contributed by atoms with Crippen LogP contribution in [0.5, 0.6) is 5.75 Å². The van der Waals surface area contributed by atoms with Gasteiger partial charge in [0.2, 0.25) is 0 Å². The van der Waals surface area contributed by atoms with Gasteiger partial charge in [0.1, 0.15) is 10.1 Å². The smallest absolute Gasteiger partial charge is 0.265 e. The van der Waals surface area contributed by atoms with E-state index >= 15 is 0 Å². The van der Waals surface area contributed by atoms with Gasteiger partial charge in [-0.15, -0.1) is 0 Å². The highest BCUT2D eigenvalue weighted by atomic mass is 35.5. The summed E-state index contributed by atoms with van der Waals surface area (Å²) < 4.78 is 0.541. The van der Waals surface area contributed by atoms with Crippen LogP contribution in [0.2, 0.25) is 5.02 Å². The Balaban J connectivity index is 2.30. The van der Waals surface area contributed by atoms with Crippen molar-refractivity contribution < 1.29 is 9.90 Å². The van der Waals surface area contributed by atoms with E-state index in [9.17, 15) is 9.90 Å². The predicted octanol–water partition coefficient (Wildman–Crippen LogP) is 3.82. The summed E-state index contributed by atoms with van der Waals surface area (Å²) >= 11 is 12.2. The zero-order chi connectivity index (χ0) is 14.9. The Labute approximate surface area is 131 Å². The number of carbonyl (C=O) groups excluding carboxylic acids is 1. The van der Waals surface area contributed by atoms with Gasteiger partial charge in [-0.3, -0.25) is 9.69 Å². The van der Waals surface area contributed by atoms with Gasteiger partial charge in [0.05, 0.1) is 4.91 Å². The van der Waals surface area contributed by atoms with Crippen molar-refractivity contribution >= 4 is 51.9 Å². The third kappa shape index (κ3) is 3.23. The molecule has 0 aliphatic carbocycles. The van der Waals surface area contributed by atoms with E-state index in [1.54, 1.807) is 31.3 Å². The summed E-state index contributed by atoms with van der Waals surface area (Å²) in [4.78, 5) is 13.9. The normalized spacial score (nSPS) is 18.2. The van der Waals surface area contributed by atoms with Crippen LogP contribution in [-0.2, 0) is 4.79 Å². The number of phenolic OH excluding ortho intramolecular Hbond substituents is 1. The van der Waals surface area contributed by atoms with E-state index < -0.39 is 0 Å². The Hall–Kier alpha value is -1.30. The van der Waals surface area contributed by atoms with Crippen molar-refractivity contribution in [1.82, 2.24) is 4.90 Å². The second-order valence-corrected chi connectivity index (χ2v) is 6.44. The quantitative estimate of drug-likeness (QED) is 0.663. The summed E-state index contributed by atoms with van der Waals surface area (Å²) in [5.41, 5.74) is 1.44. The molecule has 0 unspecified atom stereocenters. The number of phenols is 1. The summed E-state index contributed by atoms with van der Waals surface area (Å²) in [5.74, 6) is 0.0354. The molecule has 1 amide bonds. The minimum Gasteiger partial charge on any atom is -0.507 e. The molecule has 0 spiro atoms. The lowest BCUT2D eigenvalue weighted by Crippen LogP contribution is -2.22. The first-order chi connectivity index (χ1) is 9.38. The van der Waals surface area contributed by atoms with E-state index in [4.69, 9.17) is 23.8 Å². The lowest BCUT2D eigenvalue weighted by atomic mass is 10.1. The molecular formula is C14H12ClNO2S2. The third-order valence-electron chi connectivity index (χ3n) is 2.72. The molecule has 6 heteroatoms. The Morgan fingerprint density at radius 3 is 2.80 bits per heavy atom. The van der Waals surface area contributed by atoms with Gasteiger partial charge in [-0.1, -0.05) is 35.6 Å². The maximum atomic E-state index is 11.9. The van der Waals surface area contributed by atoms with Crippen molar-refractivity contribution in [2.24, 2.45) is 0 Å². The first-order valence-electron chi connectivity index (χ1n) is 5.77. The predicted molar refractivity (Wildman–Crippen MR) is 87.8 cm³/mol. The number of hydrogen-bond acceptors (Lipinski definition) is 4. The number of thioether (sulfide) groups is 1.